The summed E-state index contributed by atoms with van der Waals surface area (Å²) in [7, 11) is 0. The second kappa shape index (κ2) is 6.51. The van der Waals surface area contributed by atoms with Gasteiger partial charge in [-0.25, -0.2) is 0 Å². The Morgan fingerprint density at radius 2 is 1.85 bits per heavy atom. The molecule has 0 radical (unpaired) electrons. The molecule has 20 heavy (non-hydrogen) atoms. The molecule has 110 valence electrons. The third kappa shape index (κ3) is 3.90. The van der Waals surface area contributed by atoms with Gasteiger partial charge in [0.15, 0.2) is 5.78 Å². The van der Waals surface area contributed by atoms with Crippen LogP contribution in [0.2, 0.25) is 0 Å². The zero-order chi connectivity index (χ0) is 14.7. The lowest BCUT2D eigenvalue weighted by Gasteiger charge is -2.31. The van der Waals surface area contributed by atoms with Gasteiger partial charge in [-0.2, -0.15) is 0 Å². The van der Waals surface area contributed by atoms with Crippen molar-refractivity contribution in [3.63, 3.8) is 0 Å². The van der Waals surface area contributed by atoms with Crippen LogP contribution in [0.15, 0.2) is 18.2 Å². The molecule has 1 aliphatic heterocycles. The molecule has 0 saturated carbocycles. The second-order valence-electron chi connectivity index (χ2n) is 5.88. The maximum absolute atomic E-state index is 12.2. The van der Waals surface area contributed by atoms with E-state index in [0.717, 1.165) is 24.0 Å². The summed E-state index contributed by atoms with van der Waals surface area (Å²) >= 11 is 0. The molecular weight excluding hydrogens is 252 g/mol. The average molecular weight is 276 g/mol. The van der Waals surface area contributed by atoms with Gasteiger partial charge in [0.1, 0.15) is 6.61 Å². The number of ketones is 1. The predicted molar refractivity (Wildman–Crippen MR) is 79.2 cm³/mol. The van der Waals surface area contributed by atoms with E-state index in [9.17, 15) is 4.79 Å². The topological polar surface area (TPSA) is 35.5 Å². The van der Waals surface area contributed by atoms with E-state index < -0.39 is 0 Å². The van der Waals surface area contributed by atoms with Crippen LogP contribution < -0.4 is 0 Å². The highest BCUT2D eigenvalue weighted by Crippen LogP contribution is 2.22. The molecule has 2 atom stereocenters. The van der Waals surface area contributed by atoms with Crippen LogP contribution in [0, 0.1) is 13.8 Å². The highest BCUT2D eigenvalue weighted by molar-refractivity contribution is 5.97. The normalized spacial score (nSPS) is 26.5. The van der Waals surface area contributed by atoms with Gasteiger partial charge < -0.3 is 9.47 Å². The molecule has 1 fully saturated rings. The minimum atomic E-state index is 0.0555. The van der Waals surface area contributed by atoms with E-state index in [-0.39, 0.29) is 30.7 Å². The zero-order valence-electron chi connectivity index (χ0n) is 12.8. The van der Waals surface area contributed by atoms with Crippen molar-refractivity contribution in [1.82, 2.24) is 0 Å². The van der Waals surface area contributed by atoms with Crippen molar-refractivity contribution in [3.05, 3.63) is 34.9 Å². The van der Waals surface area contributed by atoms with Gasteiger partial charge in [0.25, 0.3) is 0 Å². The Hall–Kier alpha value is -1.19. The molecule has 1 aromatic rings. The number of carbonyl (C=O) groups is 1. The molecule has 0 aliphatic carbocycles. The van der Waals surface area contributed by atoms with E-state index in [1.165, 1.54) is 5.56 Å². The minimum Gasteiger partial charge on any atom is -0.375 e. The summed E-state index contributed by atoms with van der Waals surface area (Å²) < 4.78 is 11.5. The van der Waals surface area contributed by atoms with E-state index >= 15 is 0 Å². The molecule has 3 nitrogen and oxygen atoms in total. The summed E-state index contributed by atoms with van der Waals surface area (Å²) in [5.74, 6) is 0.0555. The lowest BCUT2D eigenvalue weighted by molar-refractivity contribution is -0.0975. The number of benzene rings is 1. The van der Waals surface area contributed by atoms with Crippen LogP contribution in [0.5, 0.6) is 0 Å². The first-order chi connectivity index (χ1) is 9.45. The molecule has 3 heteroatoms. The van der Waals surface area contributed by atoms with Gasteiger partial charge in [-0.3, -0.25) is 4.79 Å². The monoisotopic (exact) mass is 276 g/mol. The van der Waals surface area contributed by atoms with Gasteiger partial charge in [-0.15, -0.1) is 0 Å². The molecule has 1 aromatic carbocycles. The van der Waals surface area contributed by atoms with Crippen molar-refractivity contribution in [2.75, 3.05) is 6.61 Å². The van der Waals surface area contributed by atoms with E-state index in [0.29, 0.717) is 0 Å². The molecule has 2 rings (SSSR count). The van der Waals surface area contributed by atoms with Crippen molar-refractivity contribution in [2.45, 2.75) is 58.8 Å². The maximum atomic E-state index is 12.2. The molecule has 0 N–H and O–H groups in total. The van der Waals surface area contributed by atoms with Crippen LogP contribution in [0.25, 0.3) is 0 Å². The Balaban J connectivity index is 1.90. The number of Topliss-reactive ketones (excluding diaryl/α,β-unsaturated/α-hetero) is 1. The molecule has 0 bridgehead atoms. The van der Waals surface area contributed by atoms with Crippen molar-refractivity contribution >= 4 is 5.78 Å². The highest BCUT2D eigenvalue weighted by atomic mass is 16.5. The van der Waals surface area contributed by atoms with Crippen LogP contribution in [0.3, 0.4) is 0 Å². The first-order valence-electron chi connectivity index (χ1n) is 7.33. The van der Waals surface area contributed by atoms with Gasteiger partial charge in [-0.05, 0) is 57.7 Å². The van der Waals surface area contributed by atoms with Crippen LogP contribution in [-0.2, 0) is 9.47 Å². The predicted octanol–water partition coefficient (Wildman–Crippen LogP) is 3.46. The van der Waals surface area contributed by atoms with E-state index in [1.807, 2.05) is 32.0 Å². The number of ether oxygens (including phenoxy) is 2. The molecule has 1 heterocycles. The van der Waals surface area contributed by atoms with Crippen molar-refractivity contribution in [2.24, 2.45) is 0 Å². The summed E-state index contributed by atoms with van der Waals surface area (Å²) in [4.78, 5) is 12.2. The fourth-order valence-electron chi connectivity index (χ4n) is 2.67. The summed E-state index contributed by atoms with van der Waals surface area (Å²) in [6.45, 7) is 8.33. The smallest absolute Gasteiger partial charge is 0.188 e. The van der Waals surface area contributed by atoms with Gasteiger partial charge >= 0.3 is 0 Å². The molecule has 1 saturated heterocycles. The number of carbonyl (C=O) groups excluding carboxylic acids is 1. The van der Waals surface area contributed by atoms with Crippen LogP contribution in [-0.4, -0.2) is 30.7 Å². The standard InChI is InChI=1S/C17H24O3/c1-11-5-6-15(7-12(11)2)17(18)10-19-16-8-13(3)20-14(4)9-16/h5-7,13-14,16H,8-10H2,1-4H3. The Bertz CT molecular complexity index is 471. The number of hydrogen-bond donors (Lipinski definition) is 0. The van der Waals surface area contributed by atoms with Crippen molar-refractivity contribution < 1.29 is 14.3 Å². The fourth-order valence-corrected chi connectivity index (χ4v) is 2.67. The average Bonchev–Trinajstić information content (AvgIpc) is 2.38. The highest BCUT2D eigenvalue weighted by Gasteiger charge is 2.25. The van der Waals surface area contributed by atoms with Crippen LogP contribution >= 0.6 is 0 Å². The third-order valence-electron chi connectivity index (χ3n) is 3.93. The quantitative estimate of drug-likeness (QED) is 0.790. The summed E-state index contributed by atoms with van der Waals surface area (Å²) in [6, 6.07) is 5.81. The maximum Gasteiger partial charge on any atom is 0.188 e. The number of hydrogen-bond acceptors (Lipinski definition) is 3. The lowest BCUT2D eigenvalue weighted by Crippen LogP contribution is -2.35. The Morgan fingerprint density at radius 3 is 2.45 bits per heavy atom. The molecule has 0 spiro atoms. The molecule has 0 amide bonds. The SMILES string of the molecule is Cc1ccc(C(=O)COC2CC(C)OC(C)C2)cc1C. The lowest BCUT2D eigenvalue weighted by atomic mass is 10.0. The number of aryl methyl sites for hydroxylation is 2. The van der Waals surface area contributed by atoms with E-state index in [4.69, 9.17) is 9.47 Å². The first kappa shape index (κ1) is 15.2. The van der Waals surface area contributed by atoms with Crippen molar-refractivity contribution in [1.29, 1.82) is 0 Å². The van der Waals surface area contributed by atoms with Crippen molar-refractivity contribution in [3.8, 4) is 0 Å². The van der Waals surface area contributed by atoms with Gasteiger partial charge in [0.2, 0.25) is 0 Å². The summed E-state index contributed by atoms with van der Waals surface area (Å²) in [6.07, 6.45) is 2.28. The Kier molecular flexibility index (Phi) is 4.95. The molecule has 0 aromatic heterocycles. The van der Waals surface area contributed by atoms with Gasteiger partial charge in [-0.1, -0.05) is 12.1 Å². The van der Waals surface area contributed by atoms with Crippen LogP contribution in [0.4, 0.5) is 0 Å². The van der Waals surface area contributed by atoms with Crippen LogP contribution in [0.1, 0.15) is 48.2 Å². The molecule has 1 aliphatic rings. The van der Waals surface area contributed by atoms with E-state index in [2.05, 4.69) is 13.8 Å². The Labute approximate surface area is 121 Å². The largest absolute Gasteiger partial charge is 0.375 e. The fraction of sp³-hybridized carbons (Fsp3) is 0.588. The third-order valence-corrected chi connectivity index (χ3v) is 3.93. The zero-order valence-corrected chi connectivity index (χ0v) is 12.8. The molecular formula is C17H24O3. The number of rotatable bonds is 4. The second-order valence-corrected chi connectivity index (χ2v) is 5.88. The minimum absolute atomic E-state index is 0.0555. The first-order valence-corrected chi connectivity index (χ1v) is 7.33. The Morgan fingerprint density at radius 1 is 1.20 bits per heavy atom. The summed E-state index contributed by atoms with van der Waals surface area (Å²) in [5.41, 5.74) is 3.08. The van der Waals surface area contributed by atoms with Gasteiger partial charge in [0, 0.05) is 5.56 Å². The molecule has 2 unspecified atom stereocenters. The van der Waals surface area contributed by atoms with E-state index in [1.54, 1.807) is 0 Å². The summed E-state index contributed by atoms with van der Waals surface area (Å²) in [5, 5.41) is 0. The van der Waals surface area contributed by atoms with Gasteiger partial charge in [0.05, 0.1) is 18.3 Å².